The molecule has 130 valence electrons. The van der Waals surface area contributed by atoms with Crippen molar-refractivity contribution in [1.29, 1.82) is 0 Å². The molecule has 0 atom stereocenters. The van der Waals surface area contributed by atoms with E-state index in [1.807, 2.05) is 36.4 Å². The molecule has 0 fully saturated rings. The highest BCUT2D eigenvalue weighted by atomic mass is 127. The summed E-state index contributed by atoms with van der Waals surface area (Å²) >= 11 is 2.20. The van der Waals surface area contributed by atoms with Crippen LogP contribution in [0.5, 0.6) is 5.75 Å². The zero-order valence-electron chi connectivity index (χ0n) is 13.9. The summed E-state index contributed by atoms with van der Waals surface area (Å²) < 4.78 is 6.53. The average Bonchev–Trinajstić information content (AvgIpc) is 3.05. The van der Waals surface area contributed by atoms with Crippen LogP contribution in [0.25, 0.3) is 33.1 Å². The topological polar surface area (TPSA) is 67.9 Å². The third-order valence-corrected chi connectivity index (χ3v) is 5.08. The van der Waals surface area contributed by atoms with Crippen molar-refractivity contribution in [3.8, 4) is 5.75 Å². The molecule has 0 saturated carbocycles. The van der Waals surface area contributed by atoms with Crippen LogP contribution in [-0.2, 0) is 0 Å². The van der Waals surface area contributed by atoms with Crippen LogP contribution in [0, 0.1) is 3.57 Å². The lowest BCUT2D eigenvalue weighted by molar-refractivity contribution is 0.0735. The van der Waals surface area contributed by atoms with E-state index in [-0.39, 0.29) is 0 Å². The molecule has 0 aliphatic carbocycles. The van der Waals surface area contributed by atoms with E-state index in [2.05, 4.69) is 32.6 Å². The van der Waals surface area contributed by atoms with Crippen LogP contribution in [0.2, 0.25) is 0 Å². The number of aromatic amines is 1. The number of benzene rings is 3. The van der Waals surface area contributed by atoms with Gasteiger partial charge in [-0.1, -0.05) is 18.2 Å². The van der Waals surface area contributed by atoms with Gasteiger partial charge in [-0.15, -0.1) is 0 Å². The molecule has 27 heavy (non-hydrogen) atoms. The van der Waals surface area contributed by atoms with E-state index in [1.54, 1.807) is 30.3 Å². The fourth-order valence-electron chi connectivity index (χ4n) is 3.05. The molecule has 0 radical (unpaired) electrons. The van der Waals surface area contributed by atoms with Crippen molar-refractivity contribution in [1.82, 2.24) is 15.0 Å². The first-order valence-corrected chi connectivity index (χ1v) is 9.41. The van der Waals surface area contributed by atoms with E-state index >= 15 is 0 Å². The Hall–Kier alpha value is -3.00. The predicted molar refractivity (Wildman–Crippen MR) is 113 cm³/mol. The normalized spacial score (nSPS) is 11.3. The molecule has 3 aromatic carbocycles. The van der Waals surface area contributed by atoms with E-state index in [0.29, 0.717) is 16.8 Å². The number of rotatable bonds is 2. The number of hydrogen-bond donors (Lipinski definition) is 1. The van der Waals surface area contributed by atoms with E-state index in [0.717, 1.165) is 31.2 Å². The molecule has 0 saturated heterocycles. The summed E-state index contributed by atoms with van der Waals surface area (Å²) in [6.07, 6.45) is 0. The Balaban J connectivity index is 1.57. The molecular formula is C21H12IN3O2. The van der Waals surface area contributed by atoms with Crippen molar-refractivity contribution < 1.29 is 9.53 Å². The highest BCUT2D eigenvalue weighted by molar-refractivity contribution is 14.1. The van der Waals surface area contributed by atoms with Crippen LogP contribution in [0.3, 0.4) is 0 Å². The number of ether oxygens (including phenoxy) is 1. The number of fused-ring (bicyclic) bond motifs is 4. The standard InChI is InChI=1S/C21H12IN3O2/c22-13-6-8-14(9-7-13)27-21(26)12-5-10-17-18(11-12)23-19-15-3-1-2-4-16(15)24-20(19)25-17/h1-11H,(H,24,25). The summed E-state index contributed by atoms with van der Waals surface area (Å²) in [5.74, 6) is 0.0950. The summed E-state index contributed by atoms with van der Waals surface area (Å²) in [6.45, 7) is 0. The van der Waals surface area contributed by atoms with Crippen LogP contribution in [0.4, 0.5) is 0 Å². The summed E-state index contributed by atoms with van der Waals surface area (Å²) in [6, 6.07) is 20.5. The molecule has 6 heteroatoms. The van der Waals surface area contributed by atoms with Crippen molar-refractivity contribution in [2.45, 2.75) is 0 Å². The monoisotopic (exact) mass is 465 g/mol. The van der Waals surface area contributed by atoms with Gasteiger partial charge >= 0.3 is 5.97 Å². The maximum absolute atomic E-state index is 12.5. The first kappa shape index (κ1) is 16.2. The number of carbonyl (C=O) groups is 1. The molecule has 0 spiro atoms. The number of nitrogens with one attached hydrogen (secondary N) is 1. The van der Waals surface area contributed by atoms with Gasteiger partial charge in [-0.2, -0.15) is 0 Å². The number of hydrogen-bond acceptors (Lipinski definition) is 4. The van der Waals surface area contributed by atoms with Crippen LogP contribution >= 0.6 is 22.6 Å². The van der Waals surface area contributed by atoms with Gasteiger partial charge in [0.05, 0.1) is 16.6 Å². The van der Waals surface area contributed by atoms with E-state index < -0.39 is 5.97 Å². The van der Waals surface area contributed by atoms with Crippen molar-refractivity contribution >= 4 is 61.7 Å². The Labute approximate surface area is 167 Å². The first-order chi connectivity index (χ1) is 13.2. The lowest BCUT2D eigenvalue weighted by Gasteiger charge is -2.05. The number of esters is 1. The molecule has 0 aliphatic rings. The second-order valence-electron chi connectivity index (χ2n) is 6.14. The Morgan fingerprint density at radius 2 is 1.74 bits per heavy atom. The lowest BCUT2D eigenvalue weighted by Crippen LogP contribution is -2.08. The number of H-pyrrole nitrogens is 1. The SMILES string of the molecule is O=C(Oc1ccc(I)cc1)c1ccc2nc3[nH]c4ccccc4c3nc2c1. The van der Waals surface area contributed by atoms with Crippen LogP contribution in [0.15, 0.2) is 66.7 Å². The van der Waals surface area contributed by atoms with Gasteiger partial charge in [-0.3, -0.25) is 0 Å². The minimum Gasteiger partial charge on any atom is -0.423 e. The number of nitrogens with zero attached hydrogens (tertiary/aromatic N) is 2. The number of para-hydroxylation sites is 1. The zero-order chi connectivity index (χ0) is 18.4. The minimum atomic E-state index is -0.418. The smallest absolute Gasteiger partial charge is 0.343 e. The lowest BCUT2D eigenvalue weighted by atomic mass is 10.2. The molecule has 0 bridgehead atoms. The van der Waals surface area contributed by atoms with Crippen LogP contribution in [-0.4, -0.2) is 20.9 Å². The molecular weight excluding hydrogens is 453 g/mol. The van der Waals surface area contributed by atoms with Gasteiger partial charge < -0.3 is 9.72 Å². The summed E-state index contributed by atoms with van der Waals surface area (Å²) in [7, 11) is 0. The Morgan fingerprint density at radius 3 is 2.59 bits per heavy atom. The van der Waals surface area contributed by atoms with Gasteiger partial charge in [0.1, 0.15) is 11.3 Å². The summed E-state index contributed by atoms with van der Waals surface area (Å²) in [5, 5.41) is 1.01. The molecule has 0 amide bonds. The molecule has 5 aromatic rings. The maximum atomic E-state index is 12.5. The second-order valence-corrected chi connectivity index (χ2v) is 7.38. The van der Waals surface area contributed by atoms with Gasteiger partial charge in [-0.25, -0.2) is 14.8 Å². The number of halogens is 1. The van der Waals surface area contributed by atoms with Gasteiger partial charge in [0.2, 0.25) is 0 Å². The van der Waals surface area contributed by atoms with Crippen LogP contribution < -0.4 is 4.74 Å². The Bertz CT molecular complexity index is 1330. The quantitative estimate of drug-likeness (QED) is 0.224. The fourth-order valence-corrected chi connectivity index (χ4v) is 3.41. The summed E-state index contributed by atoms with van der Waals surface area (Å²) in [5.41, 5.74) is 4.33. The third kappa shape index (κ3) is 2.91. The highest BCUT2D eigenvalue weighted by Crippen LogP contribution is 2.25. The molecule has 1 N–H and O–H groups in total. The molecule has 5 nitrogen and oxygen atoms in total. The third-order valence-electron chi connectivity index (χ3n) is 4.36. The van der Waals surface area contributed by atoms with Crippen LogP contribution in [0.1, 0.15) is 10.4 Å². The minimum absolute atomic E-state index is 0.418. The van der Waals surface area contributed by atoms with Crippen molar-refractivity contribution in [2.75, 3.05) is 0 Å². The largest absolute Gasteiger partial charge is 0.423 e. The first-order valence-electron chi connectivity index (χ1n) is 8.33. The van der Waals surface area contributed by atoms with Crippen molar-refractivity contribution in [3.05, 3.63) is 75.9 Å². The van der Waals surface area contributed by atoms with Gasteiger partial charge in [0.25, 0.3) is 0 Å². The van der Waals surface area contributed by atoms with Crippen molar-refractivity contribution in [2.24, 2.45) is 0 Å². The molecule has 0 unspecified atom stereocenters. The Morgan fingerprint density at radius 1 is 0.926 bits per heavy atom. The molecule has 5 rings (SSSR count). The van der Waals surface area contributed by atoms with E-state index in [4.69, 9.17) is 9.72 Å². The van der Waals surface area contributed by atoms with Gasteiger partial charge in [-0.05, 0) is 71.1 Å². The average molecular weight is 465 g/mol. The number of aromatic nitrogens is 3. The van der Waals surface area contributed by atoms with E-state index in [9.17, 15) is 4.79 Å². The second kappa shape index (κ2) is 6.31. The molecule has 2 aromatic heterocycles. The van der Waals surface area contributed by atoms with E-state index in [1.165, 1.54) is 0 Å². The zero-order valence-corrected chi connectivity index (χ0v) is 16.1. The van der Waals surface area contributed by atoms with Gasteiger partial charge in [0.15, 0.2) is 5.65 Å². The predicted octanol–water partition coefficient (Wildman–Crippen LogP) is 5.09. The van der Waals surface area contributed by atoms with Crippen molar-refractivity contribution in [3.63, 3.8) is 0 Å². The highest BCUT2D eigenvalue weighted by Gasteiger charge is 2.13. The molecule has 0 aliphatic heterocycles. The maximum Gasteiger partial charge on any atom is 0.343 e. The van der Waals surface area contributed by atoms with Gasteiger partial charge in [0, 0.05) is 14.5 Å². The fraction of sp³-hybridized carbons (Fsp3) is 0. The summed E-state index contributed by atoms with van der Waals surface area (Å²) in [4.78, 5) is 25.1. The Kier molecular flexibility index (Phi) is 3.78. The molecule has 2 heterocycles. The number of carbonyl (C=O) groups excluding carboxylic acids is 1.